The minimum absolute atomic E-state index is 0.0407. The summed E-state index contributed by atoms with van der Waals surface area (Å²) in [5.74, 6) is -9.99. The van der Waals surface area contributed by atoms with Crippen molar-refractivity contribution in [3.8, 4) is 0 Å². The monoisotopic (exact) mass is 677 g/mol. The molecular weight excluding hydrogens is 634 g/mol. The standard InChI is InChI=1S/C27H43N5O15/c1-16(33)30-17(25(43)29-11-5-3-7-19(27(46)47)32(14-23(39)40)15-24(41)42)8-9-20(34)28-10-4-2-6-18(26(44)45)31(12-21(35)36)13-22(37)38/h17-19H,2-15H2,1H3,(H,28,34)(H,29,43)(H,30,33)(H,35,36)(H,37,38)(H,39,40)(H,41,42)(H,44,45)(H,46,47). The Morgan fingerprint density at radius 1 is 0.553 bits per heavy atom. The van der Waals surface area contributed by atoms with Gasteiger partial charge in [0, 0.05) is 26.4 Å². The maximum atomic E-state index is 12.6. The van der Waals surface area contributed by atoms with E-state index in [1.165, 1.54) is 6.92 Å². The lowest BCUT2D eigenvalue weighted by Gasteiger charge is -2.25. The molecule has 3 amide bonds. The molecule has 9 N–H and O–H groups in total. The van der Waals surface area contributed by atoms with Gasteiger partial charge in [-0.05, 0) is 44.9 Å². The molecule has 0 saturated heterocycles. The van der Waals surface area contributed by atoms with Gasteiger partial charge in [0.15, 0.2) is 0 Å². The van der Waals surface area contributed by atoms with Crippen molar-refractivity contribution in [2.24, 2.45) is 0 Å². The third kappa shape index (κ3) is 20.0. The Morgan fingerprint density at radius 2 is 0.936 bits per heavy atom. The van der Waals surface area contributed by atoms with Gasteiger partial charge in [0.2, 0.25) is 17.7 Å². The molecule has 266 valence electrons. The number of nitrogens with one attached hydrogen (secondary N) is 3. The Morgan fingerprint density at radius 3 is 1.28 bits per heavy atom. The second kappa shape index (κ2) is 22.6. The minimum atomic E-state index is -1.40. The predicted molar refractivity (Wildman–Crippen MR) is 157 cm³/mol. The van der Waals surface area contributed by atoms with Crippen LogP contribution in [0.5, 0.6) is 0 Å². The number of amides is 3. The summed E-state index contributed by atoms with van der Waals surface area (Å²) in [4.78, 5) is 105. The fourth-order valence-electron chi connectivity index (χ4n) is 4.54. The van der Waals surface area contributed by atoms with E-state index in [1.807, 2.05) is 0 Å². The first-order valence-corrected chi connectivity index (χ1v) is 14.6. The summed E-state index contributed by atoms with van der Waals surface area (Å²) >= 11 is 0. The molecule has 0 aliphatic carbocycles. The van der Waals surface area contributed by atoms with Gasteiger partial charge in [0.25, 0.3) is 0 Å². The number of carbonyl (C=O) groups is 9. The average molecular weight is 678 g/mol. The quantitative estimate of drug-likeness (QED) is 0.0412. The molecule has 0 aromatic rings. The van der Waals surface area contributed by atoms with Crippen LogP contribution >= 0.6 is 0 Å². The third-order valence-electron chi connectivity index (χ3n) is 6.59. The smallest absolute Gasteiger partial charge is 0.320 e. The van der Waals surface area contributed by atoms with Crippen molar-refractivity contribution in [3.63, 3.8) is 0 Å². The van der Waals surface area contributed by atoms with Crippen molar-refractivity contribution in [2.45, 2.75) is 76.4 Å². The zero-order chi connectivity index (χ0) is 36.1. The van der Waals surface area contributed by atoms with E-state index in [9.17, 15) is 53.4 Å². The van der Waals surface area contributed by atoms with Crippen molar-refractivity contribution < 1.29 is 73.8 Å². The van der Waals surface area contributed by atoms with Crippen LogP contribution < -0.4 is 16.0 Å². The molecule has 0 aromatic carbocycles. The summed E-state index contributed by atoms with van der Waals surface area (Å²) in [7, 11) is 0. The summed E-state index contributed by atoms with van der Waals surface area (Å²) in [5, 5.41) is 62.3. The van der Waals surface area contributed by atoms with Crippen LogP contribution in [-0.2, 0) is 43.2 Å². The van der Waals surface area contributed by atoms with Crippen molar-refractivity contribution in [3.05, 3.63) is 0 Å². The number of unbranched alkanes of at least 4 members (excludes halogenated alkanes) is 2. The van der Waals surface area contributed by atoms with Crippen LogP contribution in [0.4, 0.5) is 0 Å². The molecule has 20 nitrogen and oxygen atoms in total. The van der Waals surface area contributed by atoms with Gasteiger partial charge < -0.3 is 46.6 Å². The topological polar surface area (TPSA) is 318 Å². The number of carboxylic acid groups (broad SMARTS) is 6. The summed E-state index contributed by atoms with van der Waals surface area (Å²) in [6.45, 7) is -1.83. The van der Waals surface area contributed by atoms with Crippen LogP contribution in [0.15, 0.2) is 0 Å². The minimum Gasteiger partial charge on any atom is -0.480 e. The zero-order valence-electron chi connectivity index (χ0n) is 25.9. The second-order valence-corrected chi connectivity index (χ2v) is 10.5. The number of rotatable bonds is 27. The van der Waals surface area contributed by atoms with Crippen LogP contribution in [0.2, 0.25) is 0 Å². The largest absolute Gasteiger partial charge is 0.480 e. The Labute approximate surface area is 269 Å². The maximum Gasteiger partial charge on any atom is 0.320 e. The van der Waals surface area contributed by atoms with E-state index in [-0.39, 0.29) is 64.5 Å². The Bertz CT molecular complexity index is 1100. The van der Waals surface area contributed by atoms with E-state index in [2.05, 4.69) is 16.0 Å². The van der Waals surface area contributed by atoms with Crippen molar-refractivity contribution in [1.82, 2.24) is 25.8 Å². The molecule has 0 aromatic heterocycles. The summed E-state index contributed by atoms with van der Waals surface area (Å²) in [6.07, 6.45) is 0.495. The lowest BCUT2D eigenvalue weighted by atomic mass is 10.1. The van der Waals surface area contributed by atoms with E-state index in [0.29, 0.717) is 0 Å². The van der Waals surface area contributed by atoms with Gasteiger partial charge in [-0.3, -0.25) is 53.0 Å². The van der Waals surface area contributed by atoms with Gasteiger partial charge in [0.1, 0.15) is 18.1 Å². The number of aliphatic carboxylic acids is 6. The molecular formula is C27H43N5O15. The molecule has 0 aliphatic rings. The highest BCUT2D eigenvalue weighted by Gasteiger charge is 2.30. The third-order valence-corrected chi connectivity index (χ3v) is 6.59. The molecule has 0 heterocycles. The van der Waals surface area contributed by atoms with Crippen LogP contribution in [0, 0.1) is 0 Å². The average Bonchev–Trinajstić information content (AvgIpc) is 2.92. The summed E-state index contributed by atoms with van der Waals surface area (Å²) in [6, 6.07) is -3.83. The molecule has 0 radical (unpaired) electrons. The van der Waals surface area contributed by atoms with Crippen LogP contribution in [-0.4, -0.2) is 151 Å². The van der Waals surface area contributed by atoms with Crippen molar-refractivity contribution >= 4 is 53.5 Å². The van der Waals surface area contributed by atoms with Gasteiger partial charge in [-0.1, -0.05) is 0 Å². The maximum absolute atomic E-state index is 12.6. The first kappa shape index (κ1) is 42.1. The SMILES string of the molecule is CC(=O)NC(CCC(=O)NCCCCC(C(=O)O)N(CC(=O)O)CC(=O)O)C(=O)NCCCCC(C(=O)O)N(CC(=O)O)CC(=O)O. The second-order valence-electron chi connectivity index (χ2n) is 10.5. The Kier molecular flexibility index (Phi) is 20.3. The van der Waals surface area contributed by atoms with Gasteiger partial charge >= 0.3 is 35.8 Å². The Balaban J connectivity index is 4.78. The number of hydrogen-bond donors (Lipinski definition) is 9. The zero-order valence-corrected chi connectivity index (χ0v) is 25.9. The lowest BCUT2D eigenvalue weighted by molar-refractivity contribution is -0.152. The Hall–Kier alpha value is -4.85. The van der Waals surface area contributed by atoms with Crippen molar-refractivity contribution in [1.29, 1.82) is 0 Å². The van der Waals surface area contributed by atoms with E-state index < -0.39 is 97.8 Å². The van der Waals surface area contributed by atoms with E-state index >= 15 is 0 Å². The predicted octanol–water partition coefficient (Wildman–Crippen LogP) is -2.31. The fourth-order valence-corrected chi connectivity index (χ4v) is 4.54. The molecule has 0 aliphatic heterocycles. The molecule has 3 unspecified atom stereocenters. The molecule has 47 heavy (non-hydrogen) atoms. The molecule has 20 heteroatoms. The van der Waals surface area contributed by atoms with Gasteiger partial charge in [-0.25, -0.2) is 0 Å². The van der Waals surface area contributed by atoms with Crippen LogP contribution in [0.25, 0.3) is 0 Å². The van der Waals surface area contributed by atoms with E-state index in [1.54, 1.807) is 0 Å². The highest BCUT2D eigenvalue weighted by Crippen LogP contribution is 2.11. The first-order chi connectivity index (χ1) is 21.9. The molecule has 0 saturated carbocycles. The van der Waals surface area contributed by atoms with Crippen LogP contribution in [0.1, 0.15) is 58.3 Å². The van der Waals surface area contributed by atoms with Gasteiger partial charge in [-0.15, -0.1) is 0 Å². The van der Waals surface area contributed by atoms with Gasteiger partial charge in [-0.2, -0.15) is 0 Å². The normalized spacial score (nSPS) is 12.8. The number of hydrogen-bond acceptors (Lipinski definition) is 11. The van der Waals surface area contributed by atoms with Crippen molar-refractivity contribution in [2.75, 3.05) is 39.3 Å². The fraction of sp³-hybridized carbons (Fsp3) is 0.667. The molecule has 0 rings (SSSR count). The highest BCUT2D eigenvalue weighted by atomic mass is 16.4. The molecule has 0 fully saturated rings. The van der Waals surface area contributed by atoms with Crippen LogP contribution in [0.3, 0.4) is 0 Å². The summed E-state index contributed by atoms with van der Waals surface area (Å²) < 4.78 is 0. The molecule has 0 spiro atoms. The first-order valence-electron chi connectivity index (χ1n) is 14.6. The van der Waals surface area contributed by atoms with Gasteiger partial charge in [0.05, 0.1) is 26.2 Å². The highest BCUT2D eigenvalue weighted by molar-refractivity contribution is 5.87. The number of carboxylic acids is 6. The number of nitrogens with zero attached hydrogens (tertiary/aromatic N) is 2. The number of carbonyl (C=O) groups excluding carboxylic acids is 3. The van der Waals surface area contributed by atoms with E-state index in [0.717, 1.165) is 9.80 Å². The summed E-state index contributed by atoms with van der Waals surface area (Å²) in [5.41, 5.74) is 0. The molecule has 3 atom stereocenters. The van der Waals surface area contributed by atoms with E-state index in [4.69, 9.17) is 20.4 Å². The lowest BCUT2D eigenvalue weighted by Crippen LogP contribution is -2.47. The molecule has 0 bridgehead atoms.